The second-order valence-corrected chi connectivity index (χ2v) is 5.05. The Balaban J connectivity index is 2.35. The van der Waals surface area contributed by atoms with Gasteiger partial charge in [-0.2, -0.15) is 4.98 Å². The molecule has 0 bridgehead atoms. The minimum atomic E-state index is -0.0723. The van der Waals surface area contributed by atoms with Gasteiger partial charge in [-0.1, -0.05) is 13.8 Å². The van der Waals surface area contributed by atoms with Crippen LogP contribution in [-0.2, 0) is 4.79 Å². The smallest absolute Gasteiger partial charge is 0.301 e. The molecule has 0 unspecified atom stereocenters. The average molecular weight is 239 g/mol. The van der Waals surface area contributed by atoms with Crippen molar-refractivity contribution < 1.29 is 9.21 Å². The molecule has 5 heteroatoms. The average Bonchev–Trinajstić information content (AvgIpc) is 2.61. The summed E-state index contributed by atoms with van der Waals surface area (Å²) in [5.41, 5.74) is 6.37. The zero-order valence-electron chi connectivity index (χ0n) is 10.7. The number of nitrogens with two attached hydrogens (primary N) is 1. The van der Waals surface area contributed by atoms with Crippen LogP contribution in [0.5, 0.6) is 0 Å². The van der Waals surface area contributed by atoms with E-state index >= 15 is 0 Å². The largest absolute Gasteiger partial charge is 0.432 e. The van der Waals surface area contributed by atoms with Gasteiger partial charge in [-0.15, -0.1) is 0 Å². The van der Waals surface area contributed by atoms with Gasteiger partial charge in [0.2, 0.25) is 5.91 Å². The summed E-state index contributed by atoms with van der Waals surface area (Å²) in [5, 5.41) is 2.63. The van der Waals surface area contributed by atoms with Crippen molar-refractivity contribution in [3.05, 3.63) is 12.0 Å². The number of nitrogens with one attached hydrogen (secondary N) is 1. The van der Waals surface area contributed by atoms with Crippen LogP contribution in [0.2, 0.25) is 0 Å². The van der Waals surface area contributed by atoms with Crippen molar-refractivity contribution in [3.8, 4) is 0 Å². The Hall–Kier alpha value is -1.36. The number of aromatic nitrogens is 1. The molecule has 1 heterocycles. The van der Waals surface area contributed by atoms with E-state index in [9.17, 15) is 4.79 Å². The highest BCUT2D eigenvalue weighted by molar-refractivity contribution is 5.88. The first-order valence-electron chi connectivity index (χ1n) is 5.85. The fraction of sp³-hybridized carbons (Fsp3) is 0.667. The lowest BCUT2D eigenvalue weighted by molar-refractivity contribution is -0.116. The Labute approximate surface area is 102 Å². The highest BCUT2D eigenvalue weighted by Crippen LogP contribution is 2.25. The third kappa shape index (κ3) is 4.99. The molecule has 0 aromatic carbocycles. The third-order valence-corrected chi connectivity index (χ3v) is 2.72. The van der Waals surface area contributed by atoms with Crippen LogP contribution in [0.4, 0.5) is 6.01 Å². The fourth-order valence-electron chi connectivity index (χ4n) is 1.56. The molecule has 17 heavy (non-hydrogen) atoms. The second-order valence-electron chi connectivity index (χ2n) is 5.05. The summed E-state index contributed by atoms with van der Waals surface area (Å²) in [4.78, 5) is 15.6. The molecule has 0 aliphatic carbocycles. The molecule has 1 amide bonds. The number of carbonyl (C=O) groups excluding carboxylic acids is 1. The van der Waals surface area contributed by atoms with Crippen LogP contribution < -0.4 is 11.1 Å². The summed E-state index contributed by atoms with van der Waals surface area (Å²) >= 11 is 0. The van der Waals surface area contributed by atoms with E-state index in [0.717, 1.165) is 18.5 Å². The number of amides is 1. The van der Waals surface area contributed by atoms with E-state index in [-0.39, 0.29) is 17.3 Å². The zero-order valence-corrected chi connectivity index (χ0v) is 10.7. The number of anilines is 1. The van der Waals surface area contributed by atoms with Gasteiger partial charge in [0.25, 0.3) is 0 Å². The lowest BCUT2D eigenvalue weighted by Gasteiger charge is -2.23. The maximum Gasteiger partial charge on any atom is 0.301 e. The van der Waals surface area contributed by atoms with E-state index in [1.54, 1.807) is 0 Å². The molecule has 0 spiro atoms. The summed E-state index contributed by atoms with van der Waals surface area (Å²) in [5.74, 6) is -0.0723. The summed E-state index contributed by atoms with van der Waals surface area (Å²) < 4.78 is 5.05. The van der Waals surface area contributed by atoms with Gasteiger partial charge in [0.15, 0.2) is 0 Å². The number of carbonyl (C=O) groups is 1. The molecule has 5 nitrogen and oxygen atoms in total. The Kier molecular flexibility index (Phi) is 4.69. The predicted molar refractivity (Wildman–Crippen MR) is 66.6 cm³/mol. The van der Waals surface area contributed by atoms with E-state index in [4.69, 9.17) is 10.2 Å². The molecule has 1 aromatic rings. The molecular weight excluding hydrogens is 218 g/mol. The number of hydrogen-bond donors (Lipinski definition) is 2. The van der Waals surface area contributed by atoms with Crippen LogP contribution in [0.25, 0.3) is 0 Å². The molecule has 0 aliphatic heterocycles. The Morgan fingerprint density at radius 1 is 1.53 bits per heavy atom. The lowest BCUT2D eigenvalue weighted by atomic mass is 9.84. The van der Waals surface area contributed by atoms with Gasteiger partial charge in [0, 0.05) is 6.42 Å². The molecule has 1 aromatic heterocycles. The molecule has 0 saturated heterocycles. The Bertz CT molecular complexity index is 372. The van der Waals surface area contributed by atoms with Gasteiger partial charge < -0.3 is 10.2 Å². The van der Waals surface area contributed by atoms with Gasteiger partial charge >= 0.3 is 6.01 Å². The number of nitrogens with zero attached hydrogens (tertiary/aromatic N) is 1. The van der Waals surface area contributed by atoms with E-state index in [1.807, 2.05) is 6.92 Å². The van der Waals surface area contributed by atoms with Gasteiger partial charge in [-0.3, -0.25) is 10.1 Å². The molecule has 3 N–H and O–H groups in total. The predicted octanol–water partition coefficient (Wildman–Crippen LogP) is 2.08. The molecule has 1 rings (SSSR count). The number of rotatable bonds is 6. The normalized spacial score (nSPS) is 11.5. The van der Waals surface area contributed by atoms with Crippen LogP contribution >= 0.6 is 0 Å². The van der Waals surface area contributed by atoms with Crippen molar-refractivity contribution >= 4 is 11.9 Å². The van der Waals surface area contributed by atoms with Crippen LogP contribution in [-0.4, -0.2) is 17.4 Å². The van der Waals surface area contributed by atoms with Gasteiger partial charge in [-0.25, -0.2) is 0 Å². The first-order chi connectivity index (χ1) is 7.93. The molecule has 0 aliphatic rings. The van der Waals surface area contributed by atoms with E-state index < -0.39 is 0 Å². The quantitative estimate of drug-likeness (QED) is 0.796. The molecular formula is C12H21N3O2. The van der Waals surface area contributed by atoms with Crippen LogP contribution in [0, 0.1) is 12.3 Å². The topological polar surface area (TPSA) is 81.2 Å². The van der Waals surface area contributed by atoms with Gasteiger partial charge in [0.1, 0.15) is 6.26 Å². The van der Waals surface area contributed by atoms with E-state index in [0.29, 0.717) is 13.0 Å². The van der Waals surface area contributed by atoms with Crippen molar-refractivity contribution in [2.45, 2.75) is 40.0 Å². The third-order valence-electron chi connectivity index (χ3n) is 2.72. The summed E-state index contributed by atoms with van der Waals surface area (Å²) in [7, 11) is 0. The first kappa shape index (κ1) is 13.7. The van der Waals surface area contributed by atoms with E-state index in [1.165, 1.54) is 6.26 Å². The van der Waals surface area contributed by atoms with Crippen molar-refractivity contribution in [1.29, 1.82) is 0 Å². The highest BCUT2D eigenvalue weighted by Gasteiger charge is 2.18. The first-order valence-corrected chi connectivity index (χ1v) is 5.85. The summed E-state index contributed by atoms with van der Waals surface area (Å²) in [6, 6.07) is 0.268. The number of aryl methyl sites for hydroxylation is 1. The minimum absolute atomic E-state index is 0.0723. The number of hydrogen-bond acceptors (Lipinski definition) is 4. The van der Waals surface area contributed by atoms with Crippen molar-refractivity contribution in [2.24, 2.45) is 11.1 Å². The standard InChI is InChI=1S/C12H21N3O2/c1-9-8-17-11(14-9)15-10(16)4-5-12(2,3)6-7-13/h8H,4-7,13H2,1-3H3,(H,14,15,16). The molecule has 0 radical (unpaired) electrons. The fourth-order valence-corrected chi connectivity index (χ4v) is 1.56. The lowest BCUT2D eigenvalue weighted by Crippen LogP contribution is -2.20. The molecule has 0 saturated carbocycles. The maximum atomic E-state index is 11.6. The van der Waals surface area contributed by atoms with Gasteiger partial charge in [-0.05, 0) is 31.7 Å². The summed E-state index contributed by atoms with van der Waals surface area (Å²) in [6.07, 6.45) is 3.68. The maximum absolute atomic E-state index is 11.6. The van der Waals surface area contributed by atoms with Crippen LogP contribution in [0.3, 0.4) is 0 Å². The van der Waals surface area contributed by atoms with Crippen LogP contribution in [0.15, 0.2) is 10.7 Å². The SMILES string of the molecule is Cc1coc(NC(=O)CCC(C)(C)CCN)n1. The number of oxazole rings is 1. The van der Waals surface area contributed by atoms with Gasteiger partial charge in [0.05, 0.1) is 5.69 Å². The van der Waals surface area contributed by atoms with Crippen molar-refractivity contribution in [1.82, 2.24) is 4.98 Å². The molecule has 96 valence electrons. The highest BCUT2D eigenvalue weighted by atomic mass is 16.4. The molecule has 0 fully saturated rings. The Morgan fingerprint density at radius 2 is 2.24 bits per heavy atom. The minimum Gasteiger partial charge on any atom is -0.432 e. The summed E-state index contributed by atoms with van der Waals surface area (Å²) in [6.45, 7) is 6.68. The zero-order chi connectivity index (χ0) is 12.9. The molecule has 0 atom stereocenters. The second kappa shape index (κ2) is 5.82. The Morgan fingerprint density at radius 3 is 2.76 bits per heavy atom. The monoisotopic (exact) mass is 239 g/mol. The van der Waals surface area contributed by atoms with E-state index in [2.05, 4.69) is 24.1 Å². The van der Waals surface area contributed by atoms with Crippen molar-refractivity contribution in [3.63, 3.8) is 0 Å². The van der Waals surface area contributed by atoms with Crippen LogP contribution in [0.1, 0.15) is 38.8 Å². The van der Waals surface area contributed by atoms with Crippen molar-refractivity contribution in [2.75, 3.05) is 11.9 Å².